The third-order valence-electron chi connectivity index (χ3n) is 3.57. The second-order valence-corrected chi connectivity index (χ2v) is 5.26. The van der Waals surface area contributed by atoms with Crippen molar-refractivity contribution in [1.82, 2.24) is 9.97 Å². The topological polar surface area (TPSA) is 51.8 Å². The second kappa shape index (κ2) is 3.81. The Morgan fingerprint density at radius 2 is 1.69 bits per heavy atom. The molecule has 2 aliphatic rings. The van der Waals surface area contributed by atoms with Gasteiger partial charge in [-0.2, -0.15) is 0 Å². The van der Waals surface area contributed by atoms with Crippen molar-refractivity contribution in [3.05, 3.63) is 23.3 Å². The van der Waals surface area contributed by atoms with E-state index in [1.54, 1.807) is 0 Å². The molecule has 0 spiro atoms. The van der Waals surface area contributed by atoms with Crippen LogP contribution in [-0.2, 0) is 0 Å². The van der Waals surface area contributed by atoms with Crippen molar-refractivity contribution in [1.29, 1.82) is 0 Å². The molecule has 2 saturated carbocycles. The average Bonchev–Trinajstić information content (AvgIpc) is 3.20. The molecule has 0 saturated heterocycles. The van der Waals surface area contributed by atoms with E-state index in [2.05, 4.69) is 23.0 Å². The molecule has 0 amide bonds. The molecule has 1 aromatic heterocycles. The lowest BCUT2D eigenvalue weighted by molar-refractivity contribution is 0.691. The number of hydrogen-bond donors (Lipinski definition) is 1. The number of nitrogens with zero attached hydrogens (tertiary/aromatic N) is 2. The summed E-state index contributed by atoms with van der Waals surface area (Å²) in [6.07, 6.45) is 5.21. The highest BCUT2D eigenvalue weighted by Gasteiger charge is 2.30. The Balaban J connectivity index is 1.95. The van der Waals surface area contributed by atoms with E-state index in [9.17, 15) is 0 Å². The predicted molar refractivity (Wildman–Crippen MR) is 63.5 cm³/mol. The van der Waals surface area contributed by atoms with Crippen molar-refractivity contribution < 1.29 is 0 Å². The van der Waals surface area contributed by atoms with E-state index in [1.165, 1.54) is 37.1 Å². The smallest absolute Gasteiger partial charge is 0.132 e. The third kappa shape index (κ3) is 1.96. The number of hydrogen-bond acceptors (Lipinski definition) is 3. The molecule has 1 atom stereocenters. The first-order chi connectivity index (χ1) is 7.78. The Labute approximate surface area is 96.5 Å². The van der Waals surface area contributed by atoms with Crippen LogP contribution in [0.1, 0.15) is 67.6 Å². The fraction of sp³-hybridized carbons (Fsp3) is 0.692. The van der Waals surface area contributed by atoms with E-state index in [1.807, 2.05) is 0 Å². The Morgan fingerprint density at radius 1 is 1.19 bits per heavy atom. The molecule has 16 heavy (non-hydrogen) atoms. The Kier molecular flexibility index (Phi) is 2.43. The molecule has 0 aliphatic heterocycles. The van der Waals surface area contributed by atoms with Gasteiger partial charge < -0.3 is 5.73 Å². The second-order valence-electron chi connectivity index (χ2n) is 5.26. The summed E-state index contributed by atoms with van der Waals surface area (Å²) in [5.74, 6) is 2.68. The highest BCUT2D eigenvalue weighted by molar-refractivity contribution is 5.24. The van der Waals surface area contributed by atoms with Crippen molar-refractivity contribution >= 4 is 0 Å². The number of nitrogens with two attached hydrogens (primary N) is 1. The highest BCUT2D eigenvalue weighted by Crippen LogP contribution is 2.43. The van der Waals surface area contributed by atoms with E-state index in [0.717, 1.165) is 5.82 Å². The van der Waals surface area contributed by atoms with Gasteiger partial charge in [0.25, 0.3) is 0 Å². The lowest BCUT2D eigenvalue weighted by atomic mass is 10.1. The molecule has 1 heterocycles. The molecule has 1 aromatic rings. The monoisotopic (exact) mass is 217 g/mol. The van der Waals surface area contributed by atoms with E-state index >= 15 is 0 Å². The molecule has 2 aliphatic carbocycles. The minimum Gasteiger partial charge on any atom is -0.330 e. The normalized spacial score (nSPS) is 22.1. The molecule has 3 rings (SSSR count). The molecular formula is C13H19N3. The van der Waals surface area contributed by atoms with Crippen molar-refractivity contribution in [3.63, 3.8) is 0 Å². The van der Waals surface area contributed by atoms with Gasteiger partial charge in [-0.25, -0.2) is 9.97 Å². The van der Waals surface area contributed by atoms with Gasteiger partial charge in [0, 0.05) is 35.7 Å². The average molecular weight is 217 g/mol. The standard InChI is InChI=1S/C13H19N3/c1-8(7-14)13-15-11(9-2-3-9)6-12(16-13)10-4-5-10/h6,8-10H,2-5,7,14H2,1H3. The molecule has 0 aromatic carbocycles. The van der Waals surface area contributed by atoms with E-state index in [-0.39, 0.29) is 5.92 Å². The van der Waals surface area contributed by atoms with Crippen LogP contribution in [0.4, 0.5) is 0 Å². The molecule has 0 bridgehead atoms. The summed E-state index contributed by atoms with van der Waals surface area (Å²) in [5.41, 5.74) is 8.25. The van der Waals surface area contributed by atoms with E-state index < -0.39 is 0 Å². The molecule has 3 nitrogen and oxygen atoms in total. The van der Waals surface area contributed by atoms with Crippen molar-refractivity contribution in [3.8, 4) is 0 Å². The van der Waals surface area contributed by atoms with Gasteiger partial charge in [-0.3, -0.25) is 0 Å². The zero-order valence-electron chi connectivity index (χ0n) is 9.82. The van der Waals surface area contributed by atoms with Gasteiger partial charge in [0.1, 0.15) is 5.82 Å². The van der Waals surface area contributed by atoms with E-state index in [0.29, 0.717) is 18.4 Å². The van der Waals surface area contributed by atoms with Crippen LogP contribution < -0.4 is 5.73 Å². The zero-order chi connectivity index (χ0) is 11.1. The minimum absolute atomic E-state index is 0.288. The Hall–Kier alpha value is -0.960. The van der Waals surface area contributed by atoms with Crippen LogP contribution >= 0.6 is 0 Å². The third-order valence-corrected chi connectivity index (χ3v) is 3.57. The number of rotatable bonds is 4. The molecule has 0 radical (unpaired) electrons. The Bertz CT molecular complexity index is 364. The van der Waals surface area contributed by atoms with Crippen LogP contribution in [0.2, 0.25) is 0 Å². The maximum Gasteiger partial charge on any atom is 0.132 e. The fourth-order valence-corrected chi connectivity index (χ4v) is 2.01. The maximum absolute atomic E-state index is 5.71. The first kappa shape index (κ1) is 10.2. The minimum atomic E-state index is 0.288. The predicted octanol–water partition coefficient (Wildman–Crippen LogP) is 2.29. The molecule has 1 unspecified atom stereocenters. The summed E-state index contributed by atoms with van der Waals surface area (Å²) in [6, 6.07) is 2.24. The largest absolute Gasteiger partial charge is 0.330 e. The molecule has 2 fully saturated rings. The van der Waals surface area contributed by atoms with Crippen LogP contribution in [0.3, 0.4) is 0 Å². The van der Waals surface area contributed by atoms with E-state index in [4.69, 9.17) is 5.73 Å². The summed E-state index contributed by atoms with van der Waals surface area (Å²) in [6.45, 7) is 2.75. The number of aromatic nitrogens is 2. The fourth-order valence-electron chi connectivity index (χ4n) is 2.01. The lowest BCUT2D eigenvalue weighted by Gasteiger charge is -2.11. The molecular weight excluding hydrogens is 198 g/mol. The Morgan fingerprint density at radius 3 is 2.06 bits per heavy atom. The molecule has 3 heteroatoms. The van der Waals surface area contributed by atoms with Gasteiger partial charge in [-0.05, 0) is 31.7 Å². The first-order valence-electron chi connectivity index (χ1n) is 6.36. The summed E-state index contributed by atoms with van der Waals surface area (Å²) in [4.78, 5) is 9.37. The van der Waals surface area contributed by atoms with Crippen LogP contribution in [0.25, 0.3) is 0 Å². The van der Waals surface area contributed by atoms with Crippen LogP contribution in [-0.4, -0.2) is 16.5 Å². The quantitative estimate of drug-likeness (QED) is 0.842. The molecule has 2 N–H and O–H groups in total. The summed E-state index contributed by atoms with van der Waals surface area (Å²) >= 11 is 0. The maximum atomic E-state index is 5.71. The summed E-state index contributed by atoms with van der Waals surface area (Å²) < 4.78 is 0. The zero-order valence-corrected chi connectivity index (χ0v) is 9.82. The molecule has 86 valence electrons. The van der Waals surface area contributed by atoms with Gasteiger partial charge in [0.2, 0.25) is 0 Å². The highest BCUT2D eigenvalue weighted by atomic mass is 14.9. The van der Waals surface area contributed by atoms with Crippen LogP contribution in [0.15, 0.2) is 6.07 Å². The van der Waals surface area contributed by atoms with Crippen LogP contribution in [0.5, 0.6) is 0 Å². The summed E-state index contributed by atoms with van der Waals surface area (Å²) in [5, 5.41) is 0. The van der Waals surface area contributed by atoms with Gasteiger partial charge in [-0.15, -0.1) is 0 Å². The lowest BCUT2D eigenvalue weighted by Crippen LogP contribution is -2.14. The van der Waals surface area contributed by atoms with Gasteiger partial charge in [0.05, 0.1) is 0 Å². The SMILES string of the molecule is CC(CN)c1nc(C2CC2)cc(C2CC2)n1. The van der Waals surface area contributed by atoms with Crippen LogP contribution in [0, 0.1) is 0 Å². The first-order valence-corrected chi connectivity index (χ1v) is 6.36. The van der Waals surface area contributed by atoms with Gasteiger partial charge >= 0.3 is 0 Å². The van der Waals surface area contributed by atoms with Gasteiger partial charge in [0.15, 0.2) is 0 Å². The summed E-state index contributed by atoms with van der Waals surface area (Å²) in [7, 11) is 0. The van der Waals surface area contributed by atoms with Crippen molar-refractivity contribution in [2.24, 2.45) is 5.73 Å². The van der Waals surface area contributed by atoms with Crippen molar-refractivity contribution in [2.75, 3.05) is 6.54 Å². The van der Waals surface area contributed by atoms with Crippen molar-refractivity contribution in [2.45, 2.75) is 50.4 Å². The van der Waals surface area contributed by atoms with Gasteiger partial charge in [-0.1, -0.05) is 6.92 Å².